The second-order valence-electron chi connectivity index (χ2n) is 6.94. The van der Waals surface area contributed by atoms with E-state index in [2.05, 4.69) is 20.5 Å². The van der Waals surface area contributed by atoms with Crippen LogP contribution in [0, 0.1) is 11.7 Å². The summed E-state index contributed by atoms with van der Waals surface area (Å²) in [6.07, 6.45) is 0. The number of halogens is 2. The van der Waals surface area contributed by atoms with Gasteiger partial charge in [-0.2, -0.15) is 0 Å². The number of thioether (sulfide) groups is 1. The number of ether oxygens (including phenoxy) is 1. The molecule has 1 atom stereocenters. The predicted octanol–water partition coefficient (Wildman–Crippen LogP) is 4.88. The molecule has 1 amide bonds. The lowest BCUT2D eigenvalue weighted by molar-refractivity contribution is -0.119. The number of amides is 1. The van der Waals surface area contributed by atoms with Gasteiger partial charge in [-0.3, -0.25) is 9.89 Å². The van der Waals surface area contributed by atoms with Gasteiger partial charge in [0.1, 0.15) is 11.6 Å². The van der Waals surface area contributed by atoms with Gasteiger partial charge in [0.25, 0.3) is 0 Å². The van der Waals surface area contributed by atoms with Crippen LogP contribution in [0.1, 0.15) is 25.5 Å². The fourth-order valence-electron chi connectivity index (χ4n) is 2.95. The van der Waals surface area contributed by atoms with Gasteiger partial charge in [0.15, 0.2) is 5.82 Å². The maximum absolute atomic E-state index is 13.2. The highest BCUT2D eigenvalue weighted by Gasteiger charge is 2.19. The molecule has 1 unspecified atom stereocenters. The number of hydrogen-bond donors (Lipinski definition) is 2. The van der Waals surface area contributed by atoms with Crippen molar-refractivity contribution in [1.82, 2.24) is 20.5 Å². The van der Waals surface area contributed by atoms with Crippen LogP contribution in [0.2, 0.25) is 5.02 Å². The standard InChI is InChI=1S/C21H22ClFN4O2S/c1-12(2)19(13-4-7-15(23)8-5-13)24-18(28)11-30-21-25-20(26-27-21)16-10-14(22)6-9-17(16)29-3/h4-10,12,19H,11H2,1-3H3,(H,24,28)(H,25,26,27). The first-order chi connectivity index (χ1) is 14.4. The number of rotatable bonds is 8. The molecule has 0 spiro atoms. The van der Waals surface area contributed by atoms with Gasteiger partial charge in [0.2, 0.25) is 11.1 Å². The number of methoxy groups -OCH3 is 1. The maximum atomic E-state index is 13.2. The van der Waals surface area contributed by atoms with Gasteiger partial charge in [-0.05, 0) is 41.8 Å². The Bertz CT molecular complexity index is 1010. The third-order valence-corrected chi connectivity index (χ3v) is 5.51. The summed E-state index contributed by atoms with van der Waals surface area (Å²) in [6, 6.07) is 11.2. The molecule has 3 rings (SSSR count). The van der Waals surface area contributed by atoms with E-state index in [1.54, 1.807) is 37.4 Å². The minimum atomic E-state index is -0.306. The van der Waals surface area contributed by atoms with E-state index in [-0.39, 0.29) is 29.4 Å². The summed E-state index contributed by atoms with van der Waals surface area (Å²) in [6.45, 7) is 4.00. The normalized spacial score (nSPS) is 12.1. The molecule has 0 aliphatic rings. The Morgan fingerprint density at radius 2 is 2.00 bits per heavy atom. The van der Waals surface area contributed by atoms with Crippen LogP contribution in [-0.4, -0.2) is 34.0 Å². The first-order valence-corrected chi connectivity index (χ1v) is 10.7. The SMILES string of the molecule is COc1ccc(Cl)cc1-c1nc(SCC(=O)NC(c2ccc(F)cc2)C(C)C)n[nH]1. The lowest BCUT2D eigenvalue weighted by Crippen LogP contribution is -2.33. The molecule has 0 saturated heterocycles. The number of nitrogens with zero attached hydrogens (tertiary/aromatic N) is 2. The molecule has 2 aromatic carbocycles. The van der Waals surface area contributed by atoms with Crippen LogP contribution in [-0.2, 0) is 4.79 Å². The van der Waals surface area contributed by atoms with Gasteiger partial charge >= 0.3 is 0 Å². The Morgan fingerprint density at radius 1 is 1.27 bits per heavy atom. The molecule has 0 aliphatic carbocycles. The quantitative estimate of drug-likeness (QED) is 0.480. The Balaban J connectivity index is 1.64. The number of aromatic nitrogens is 3. The molecule has 0 saturated carbocycles. The van der Waals surface area contributed by atoms with Crippen LogP contribution in [0.25, 0.3) is 11.4 Å². The molecule has 158 valence electrons. The molecule has 0 fully saturated rings. The van der Waals surface area contributed by atoms with Crippen LogP contribution in [0.4, 0.5) is 4.39 Å². The number of aromatic amines is 1. The van der Waals surface area contributed by atoms with Gasteiger partial charge < -0.3 is 10.1 Å². The molecule has 3 aromatic rings. The van der Waals surface area contributed by atoms with Crippen LogP contribution >= 0.6 is 23.4 Å². The fourth-order valence-corrected chi connectivity index (χ4v) is 3.73. The van der Waals surface area contributed by atoms with Crippen LogP contribution < -0.4 is 10.1 Å². The molecule has 0 bridgehead atoms. The third kappa shape index (κ3) is 5.52. The molecule has 30 heavy (non-hydrogen) atoms. The van der Waals surface area contributed by atoms with Gasteiger partial charge in [0, 0.05) is 5.02 Å². The summed E-state index contributed by atoms with van der Waals surface area (Å²) in [7, 11) is 1.56. The van der Waals surface area contributed by atoms with E-state index in [1.807, 2.05) is 13.8 Å². The highest BCUT2D eigenvalue weighted by Crippen LogP contribution is 2.31. The van der Waals surface area contributed by atoms with Crippen LogP contribution in [0.15, 0.2) is 47.6 Å². The van der Waals surface area contributed by atoms with Crippen molar-refractivity contribution in [1.29, 1.82) is 0 Å². The third-order valence-electron chi connectivity index (χ3n) is 4.43. The molecular weight excluding hydrogens is 427 g/mol. The first kappa shape index (κ1) is 22.1. The monoisotopic (exact) mass is 448 g/mol. The van der Waals surface area contributed by atoms with Crippen molar-refractivity contribution in [3.05, 3.63) is 58.9 Å². The number of H-pyrrole nitrogens is 1. The fraction of sp³-hybridized carbons (Fsp3) is 0.286. The average molecular weight is 449 g/mol. The first-order valence-electron chi connectivity index (χ1n) is 9.31. The molecule has 1 heterocycles. The van der Waals surface area contributed by atoms with Crippen molar-refractivity contribution in [2.24, 2.45) is 5.92 Å². The molecule has 1 aromatic heterocycles. The average Bonchev–Trinajstić information content (AvgIpc) is 3.20. The van der Waals surface area contributed by atoms with E-state index in [4.69, 9.17) is 16.3 Å². The van der Waals surface area contributed by atoms with E-state index >= 15 is 0 Å². The zero-order chi connectivity index (χ0) is 21.7. The summed E-state index contributed by atoms with van der Waals surface area (Å²) in [5.41, 5.74) is 1.54. The number of carbonyl (C=O) groups excluding carboxylic acids is 1. The predicted molar refractivity (Wildman–Crippen MR) is 116 cm³/mol. The van der Waals surface area contributed by atoms with Crippen molar-refractivity contribution in [3.63, 3.8) is 0 Å². The van der Waals surface area contributed by atoms with E-state index < -0.39 is 0 Å². The topological polar surface area (TPSA) is 79.9 Å². The highest BCUT2D eigenvalue weighted by atomic mass is 35.5. The number of hydrogen-bond acceptors (Lipinski definition) is 5. The van der Waals surface area contributed by atoms with E-state index in [9.17, 15) is 9.18 Å². The van der Waals surface area contributed by atoms with Gasteiger partial charge in [-0.1, -0.05) is 49.3 Å². The van der Waals surface area contributed by atoms with Crippen molar-refractivity contribution < 1.29 is 13.9 Å². The summed E-state index contributed by atoms with van der Waals surface area (Å²) < 4.78 is 18.5. The Labute approximate surface area is 183 Å². The van der Waals surface area contributed by atoms with Crippen LogP contribution in [0.5, 0.6) is 5.75 Å². The van der Waals surface area contributed by atoms with E-state index in [0.717, 1.165) is 5.56 Å². The molecule has 0 radical (unpaired) electrons. The lowest BCUT2D eigenvalue weighted by Gasteiger charge is -2.22. The summed E-state index contributed by atoms with van der Waals surface area (Å²) in [5, 5.41) is 11.0. The Kier molecular flexibility index (Phi) is 7.33. The van der Waals surface area contributed by atoms with Crippen molar-refractivity contribution in [2.45, 2.75) is 25.0 Å². The highest BCUT2D eigenvalue weighted by molar-refractivity contribution is 7.99. The Hall–Kier alpha value is -2.58. The number of nitrogens with one attached hydrogen (secondary N) is 2. The lowest BCUT2D eigenvalue weighted by atomic mass is 9.96. The number of benzene rings is 2. The van der Waals surface area contributed by atoms with Crippen molar-refractivity contribution in [3.8, 4) is 17.1 Å². The second kappa shape index (κ2) is 9.95. The van der Waals surface area contributed by atoms with Gasteiger partial charge in [-0.25, -0.2) is 9.37 Å². The zero-order valence-electron chi connectivity index (χ0n) is 16.8. The van der Waals surface area contributed by atoms with Crippen molar-refractivity contribution in [2.75, 3.05) is 12.9 Å². The summed E-state index contributed by atoms with van der Waals surface area (Å²) in [5.74, 6) is 0.950. The smallest absolute Gasteiger partial charge is 0.230 e. The summed E-state index contributed by atoms with van der Waals surface area (Å²) in [4.78, 5) is 16.9. The Morgan fingerprint density at radius 3 is 2.67 bits per heavy atom. The van der Waals surface area contributed by atoms with Crippen LogP contribution in [0.3, 0.4) is 0 Å². The van der Waals surface area contributed by atoms with Crippen molar-refractivity contribution >= 4 is 29.3 Å². The largest absolute Gasteiger partial charge is 0.496 e. The summed E-state index contributed by atoms with van der Waals surface area (Å²) >= 11 is 7.28. The minimum absolute atomic E-state index is 0.147. The number of carbonyl (C=O) groups is 1. The molecule has 9 heteroatoms. The molecule has 6 nitrogen and oxygen atoms in total. The maximum Gasteiger partial charge on any atom is 0.230 e. The molecular formula is C21H22ClFN4O2S. The minimum Gasteiger partial charge on any atom is -0.496 e. The van der Waals surface area contributed by atoms with E-state index in [0.29, 0.717) is 27.3 Å². The second-order valence-corrected chi connectivity index (χ2v) is 8.32. The molecule has 2 N–H and O–H groups in total. The van der Waals surface area contributed by atoms with Gasteiger partial charge in [-0.15, -0.1) is 5.10 Å². The van der Waals surface area contributed by atoms with E-state index in [1.165, 1.54) is 23.9 Å². The van der Waals surface area contributed by atoms with Gasteiger partial charge in [0.05, 0.1) is 24.5 Å². The molecule has 0 aliphatic heterocycles. The zero-order valence-corrected chi connectivity index (χ0v) is 18.4.